The van der Waals surface area contributed by atoms with Crippen molar-refractivity contribution in [1.29, 1.82) is 0 Å². The summed E-state index contributed by atoms with van der Waals surface area (Å²) in [6, 6.07) is 12.5. The van der Waals surface area contributed by atoms with E-state index < -0.39 is 16.0 Å². The van der Waals surface area contributed by atoms with Gasteiger partial charge in [0.15, 0.2) is 0 Å². The fraction of sp³-hybridized carbons (Fsp3) is 0.133. The number of hydrogen-bond donors (Lipinski definition) is 2. The smallest absolute Gasteiger partial charge is 0.337 e. The van der Waals surface area contributed by atoms with Crippen molar-refractivity contribution >= 4 is 21.7 Å². The van der Waals surface area contributed by atoms with Gasteiger partial charge in [-0.05, 0) is 36.2 Å². The molecule has 6 heteroatoms. The summed E-state index contributed by atoms with van der Waals surface area (Å²) in [6.45, 7) is 1.97. The zero-order valence-corrected chi connectivity index (χ0v) is 12.2. The second-order valence-electron chi connectivity index (χ2n) is 4.46. The van der Waals surface area contributed by atoms with Crippen LogP contribution in [0.3, 0.4) is 0 Å². The van der Waals surface area contributed by atoms with Gasteiger partial charge in [-0.2, -0.15) is 0 Å². The lowest BCUT2D eigenvalue weighted by atomic mass is 10.1. The molecule has 0 amide bonds. The van der Waals surface area contributed by atoms with Gasteiger partial charge in [-0.15, -0.1) is 0 Å². The number of benzene rings is 2. The monoisotopic (exact) mass is 305 g/mol. The normalized spacial score (nSPS) is 11.1. The number of nitrogens with one attached hydrogen (secondary N) is 1. The summed E-state index contributed by atoms with van der Waals surface area (Å²) < 4.78 is 27.1. The molecule has 0 aromatic heterocycles. The van der Waals surface area contributed by atoms with Gasteiger partial charge >= 0.3 is 5.97 Å². The van der Waals surface area contributed by atoms with Crippen LogP contribution in [-0.4, -0.2) is 19.5 Å². The molecule has 5 nitrogen and oxygen atoms in total. The van der Waals surface area contributed by atoms with E-state index in [4.69, 9.17) is 5.11 Å². The SMILES string of the molecule is CCc1cccc(NS(=O)(=O)c2ccccc2C(=O)O)c1. The third kappa shape index (κ3) is 3.41. The number of hydrogen-bond acceptors (Lipinski definition) is 3. The molecule has 0 aliphatic carbocycles. The molecule has 0 saturated heterocycles. The van der Waals surface area contributed by atoms with E-state index in [1.165, 1.54) is 24.3 Å². The first-order valence-corrected chi connectivity index (χ1v) is 7.86. The lowest BCUT2D eigenvalue weighted by molar-refractivity contribution is 0.0692. The topological polar surface area (TPSA) is 83.5 Å². The zero-order chi connectivity index (χ0) is 15.5. The van der Waals surface area contributed by atoms with Crippen LogP contribution in [0.5, 0.6) is 0 Å². The summed E-state index contributed by atoms with van der Waals surface area (Å²) in [5.41, 5.74) is 1.15. The maximum atomic E-state index is 12.4. The van der Waals surface area contributed by atoms with Crippen LogP contribution in [0.1, 0.15) is 22.8 Å². The molecule has 2 aromatic rings. The number of carboxylic acids is 1. The predicted molar refractivity (Wildman–Crippen MR) is 80.0 cm³/mol. The molecular formula is C15H15NO4S. The third-order valence-corrected chi connectivity index (χ3v) is 4.43. The third-order valence-electron chi connectivity index (χ3n) is 2.99. The van der Waals surface area contributed by atoms with Gasteiger partial charge in [-0.25, -0.2) is 13.2 Å². The zero-order valence-electron chi connectivity index (χ0n) is 11.4. The van der Waals surface area contributed by atoms with Crippen LogP contribution < -0.4 is 4.72 Å². The highest BCUT2D eigenvalue weighted by molar-refractivity contribution is 7.92. The van der Waals surface area contributed by atoms with E-state index in [-0.39, 0.29) is 10.5 Å². The van der Waals surface area contributed by atoms with Crippen LogP contribution in [0.2, 0.25) is 0 Å². The maximum Gasteiger partial charge on any atom is 0.337 e. The molecule has 0 spiro atoms. The number of aryl methyl sites for hydroxylation is 1. The first-order chi connectivity index (χ1) is 9.94. The first-order valence-electron chi connectivity index (χ1n) is 6.38. The van der Waals surface area contributed by atoms with E-state index in [0.717, 1.165) is 12.0 Å². The van der Waals surface area contributed by atoms with Crippen molar-refractivity contribution in [2.75, 3.05) is 4.72 Å². The van der Waals surface area contributed by atoms with Crippen molar-refractivity contribution in [1.82, 2.24) is 0 Å². The van der Waals surface area contributed by atoms with Crippen molar-refractivity contribution in [3.63, 3.8) is 0 Å². The minimum atomic E-state index is -3.94. The van der Waals surface area contributed by atoms with Gasteiger partial charge in [0.2, 0.25) is 0 Å². The summed E-state index contributed by atoms with van der Waals surface area (Å²) in [5, 5.41) is 9.09. The van der Waals surface area contributed by atoms with Gasteiger partial charge in [-0.1, -0.05) is 31.2 Å². The van der Waals surface area contributed by atoms with E-state index >= 15 is 0 Å². The molecular weight excluding hydrogens is 290 g/mol. The number of aromatic carboxylic acids is 1. The van der Waals surface area contributed by atoms with Crippen molar-refractivity contribution in [2.24, 2.45) is 0 Å². The molecule has 21 heavy (non-hydrogen) atoms. The van der Waals surface area contributed by atoms with Crippen molar-refractivity contribution in [3.8, 4) is 0 Å². The number of anilines is 1. The van der Waals surface area contributed by atoms with E-state index in [2.05, 4.69) is 4.72 Å². The molecule has 0 bridgehead atoms. The Kier molecular flexibility index (Phi) is 4.28. The van der Waals surface area contributed by atoms with Crippen LogP contribution in [0.4, 0.5) is 5.69 Å². The molecule has 0 heterocycles. The van der Waals surface area contributed by atoms with Crippen LogP contribution in [0.25, 0.3) is 0 Å². The van der Waals surface area contributed by atoms with Crippen molar-refractivity contribution in [3.05, 3.63) is 59.7 Å². The number of carboxylic acid groups (broad SMARTS) is 1. The summed E-state index contributed by atoms with van der Waals surface area (Å²) in [4.78, 5) is 10.9. The highest BCUT2D eigenvalue weighted by Gasteiger charge is 2.21. The highest BCUT2D eigenvalue weighted by Crippen LogP contribution is 2.20. The summed E-state index contributed by atoms with van der Waals surface area (Å²) in [5.74, 6) is -1.28. The van der Waals surface area contributed by atoms with Gasteiger partial charge < -0.3 is 5.11 Å². The quantitative estimate of drug-likeness (QED) is 0.889. The lowest BCUT2D eigenvalue weighted by Crippen LogP contribution is -2.16. The number of rotatable bonds is 5. The molecule has 0 aliphatic rings. The molecule has 2 aromatic carbocycles. The Balaban J connectivity index is 2.41. The Morgan fingerprint density at radius 2 is 1.86 bits per heavy atom. The fourth-order valence-corrected chi connectivity index (χ4v) is 3.19. The van der Waals surface area contributed by atoms with Gasteiger partial charge in [0, 0.05) is 5.69 Å². The molecule has 0 saturated carbocycles. The summed E-state index contributed by atoms with van der Waals surface area (Å²) >= 11 is 0. The van der Waals surface area contributed by atoms with Crippen molar-refractivity contribution in [2.45, 2.75) is 18.2 Å². The minimum Gasteiger partial charge on any atom is -0.478 e. The van der Waals surface area contributed by atoms with Crippen LogP contribution in [-0.2, 0) is 16.4 Å². The molecule has 0 unspecified atom stereocenters. The predicted octanol–water partition coefficient (Wildman–Crippen LogP) is 2.75. The van der Waals surface area contributed by atoms with Gasteiger partial charge in [-0.3, -0.25) is 4.72 Å². The molecule has 0 radical (unpaired) electrons. The Morgan fingerprint density at radius 1 is 1.14 bits per heavy atom. The Bertz CT molecular complexity index is 769. The number of carbonyl (C=O) groups is 1. The van der Waals surface area contributed by atoms with E-state index in [1.54, 1.807) is 18.2 Å². The maximum absolute atomic E-state index is 12.4. The summed E-state index contributed by atoms with van der Waals surface area (Å²) in [6.07, 6.45) is 0.779. The largest absolute Gasteiger partial charge is 0.478 e. The average molecular weight is 305 g/mol. The van der Waals surface area contributed by atoms with E-state index in [9.17, 15) is 13.2 Å². The Morgan fingerprint density at radius 3 is 2.52 bits per heavy atom. The molecule has 0 fully saturated rings. The minimum absolute atomic E-state index is 0.251. The van der Waals surface area contributed by atoms with Gasteiger partial charge in [0.05, 0.1) is 5.56 Å². The van der Waals surface area contributed by atoms with Gasteiger partial charge in [0.1, 0.15) is 4.90 Å². The standard InChI is InChI=1S/C15H15NO4S/c1-2-11-6-5-7-12(10-11)16-21(19,20)14-9-4-3-8-13(14)15(17)18/h3-10,16H,2H2,1H3,(H,17,18). The average Bonchev–Trinajstić information content (AvgIpc) is 2.47. The Labute approximate surface area is 123 Å². The molecule has 0 aliphatic heterocycles. The lowest BCUT2D eigenvalue weighted by Gasteiger charge is -2.11. The van der Waals surface area contributed by atoms with E-state index in [0.29, 0.717) is 5.69 Å². The highest BCUT2D eigenvalue weighted by atomic mass is 32.2. The molecule has 2 rings (SSSR count). The van der Waals surface area contributed by atoms with Crippen LogP contribution in [0.15, 0.2) is 53.4 Å². The number of sulfonamides is 1. The molecule has 110 valence electrons. The molecule has 0 atom stereocenters. The van der Waals surface area contributed by atoms with Crippen LogP contribution in [0, 0.1) is 0 Å². The molecule has 2 N–H and O–H groups in total. The Hall–Kier alpha value is -2.34. The van der Waals surface area contributed by atoms with E-state index in [1.807, 2.05) is 13.0 Å². The van der Waals surface area contributed by atoms with Gasteiger partial charge in [0.25, 0.3) is 10.0 Å². The fourth-order valence-electron chi connectivity index (χ4n) is 1.94. The van der Waals surface area contributed by atoms with Crippen molar-refractivity contribution < 1.29 is 18.3 Å². The summed E-state index contributed by atoms with van der Waals surface area (Å²) in [7, 11) is -3.94. The second kappa shape index (κ2) is 5.97. The van der Waals surface area contributed by atoms with Crippen LogP contribution >= 0.6 is 0 Å². The second-order valence-corrected chi connectivity index (χ2v) is 6.11. The first kappa shape index (κ1) is 15.1.